The first kappa shape index (κ1) is 20.1. The zero-order chi connectivity index (χ0) is 17.1. The molecule has 2 aliphatic rings. The van der Waals surface area contributed by atoms with Gasteiger partial charge in [-0.05, 0) is 31.7 Å². The summed E-state index contributed by atoms with van der Waals surface area (Å²) in [4.78, 5) is 14.6. The number of nitrogens with two attached hydrogens (primary N) is 1. The molecule has 0 spiro atoms. The molecular formula is C18H26Cl2N2O3. The van der Waals surface area contributed by atoms with Crippen LogP contribution in [-0.2, 0) is 4.74 Å². The molecular weight excluding hydrogens is 363 g/mol. The van der Waals surface area contributed by atoms with Gasteiger partial charge in [-0.25, -0.2) is 0 Å². The molecule has 140 valence electrons. The predicted octanol–water partition coefficient (Wildman–Crippen LogP) is 3.92. The fraction of sp³-hybridized carbons (Fsp3) is 0.611. The van der Waals surface area contributed by atoms with Crippen LogP contribution in [0.1, 0.15) is 48.9 Å². The second-order valence-electron chi connectivity index (χ2n) is 6.61. The lowest BCUT2D eigenvalue weighted by molar-refractivity contribution is -0.0357. The van der Waals surface area contributed by atoms with Crippen LogP contribution in [0.4, 0.5) is 5.69 Å². The van der Waals surface area contributed by atoms with Gasteiger partial charge in [0.25, 0.3) is 5.91 Å². The summed E-state index contributed by atoms with van der Waals surface area (Å²) < 4.78 is 11.5. The van der Waals surface area contributed by atoms with Crippen molar-refractivity contribution in [1.82, 2.24) is 4.90 Å². The zero-order valence-electron chi connectivity index (χ0n) is 14.5. The molecule has 25 heavy (non-hydrogen) atoms. The van der Waals surface area contributed by atoms with Crippen LogP contribution < -0.4 is 10.5 Å². The topological polar surface area (TPSA) is 64.8 Å². The summed E-state index contributed by atoms with van der Waals surface area (Å²) in [6.07, 6.45) is 7.38. The number of carbonyl (C=O) groups is 1. The summed E-state index contributed by atoms with van der Waals surface area (Å²) in [5.41, 5.74) is 6.66. The fourth-order valence-corrected chi connectivity index (χ4v) is 3.73. The highest BCUT2D eigenvalue weighted by Gasteiger charge is 2.28. The van der Waals surface area contributed by atoms with Crippen LogP contribution in [0.5, 0.6) is 5.75 Å². The van der Waals surface area contributed by atoms with E-state index in [0.29, 0.717) is 41.2 Å². The highest BCUT2D eigenvalue weighted by molar-refractivity contribution is 6.33. The average Bonchev–Trinajstić information content (AvgIpc) is 3.10. The number of nitrogen functional groups attached to an aromatic ring is 1. The third-order valence-corrected chi connectivity index (χ3v) is 5.29. The number of ether oxygens (including phenoxy) is 2. The molecule has 1 aromatic rings. The van der Waals surface area contributed by atoms with E-state index in [9.17, 15) is 4.79 Å². The number of benzene rings is 1. The molecule has 1 aromatic carbocycles. The van der Waals surface area contributed by atoms with Crippen molar-refractivity contribution in [2.45, 2.75) is 50.7 Å². The monoisotopic (exact) mass is 388 g/mol. The van der Waals surface area contributed by atoms with Crippen molar-refractivity contribution in [1.29, 1.82) is 0 Å². The van der Waals surface area contributed by atoms with Crippen molar-refractivity contribution in [3.8, 4) is 5.75 Å². The Morgan fingerprint density at radius 2 is 1.76 bits per heavy atom. The Kier molecular flexibility index (Phi) is 7.23. The first-order chi connectivity index (χ1) is 11.6. The molecule has 0 bridgehead atoms. The lowest BCUT2D eigenvalue weighted by atomic mass is 10.0. The van der Waals surface area contributed by atoms with Crippen LogP contribution >= 0.6 is 24.0 Å². The minimum Gasteiger partial charge on any atom is -0.496 e. The Labute approximate surface area is 160 Å². The standard InChI is InChI=1S/C18H25ClN2O3.ClH/c1-23-17-11-16(20)15(19)10-14(17)18(22)21-8-6-13(7-9-21)24-12-4-2-3-5-12;/h10-13H,2-9,20H2,1H3;1H. The summed E-state index contributed by atoms with van der Waals surface area (Å²) in [5.74, 6) is 0.402. The van der Waals surface area contributed by atoms with Crippen LogP contribution in [0.2, 0.25) is 5.02 Å². The number of hydrogen-bond donors (Lipinski definition) is 1. The number of amides is 1. The van der Waals surface area contributed by atoms with Crippen molar-refractivity contribution in [3.63, 3.8) is 0 Å². The van der Waals surface area contributed by atoms with Crippen molar-refractivity contribution < 1.29 is 14.3 Å². The molecule has 1 amide bonds. The lowest BCUT2D eigenvalue weighted by Gasteiger charge is -2.33. The van der Waals surface area contributed by atoms with Gasteiger partial charge in [-0.1, -0.05) is 24.4 Å². The molecule has 0 atom stereocenters. The summed E-state index contributed by atoms with van der Waals surface area (Å²) in [6, 6.07) is 3.20. The first-order valence-corrected chi connectivity index (χ1v) is 9.04. The number of methoxy groups -OCH3 is 1. The van der Waals surface area contributed by atoms with Crippen molar-refractivity contribution >= 4 is 35.6 Å². The SMILES string of the molecule is COc1cc(N)c(Cl)cc1C(=O)N1CCC(OC2CCCC2)CC1.Cl. The predicted molar refractivity (Wildman–Crippen MR) is 102 cm³/mol. The van der Waals surface area contributed by atoms with Gasteiger partial charge in [0.05, 0.1) is 35.6 Å². The number of hydrogen-bond acceptors (Lipinski definition) is 4. The van der Waals surface area contributed by atoms with Crippen LogP contribution in [0, 0.1) is 0 Å². The number of rotatable bonds is 4. The zero-order valence-corrected chi connectivity index (χ0v) is 16.1. The molecule has 7 heteroatoms. The highest BCUT2D eigenvalue weighted by Crippen LogP contribution is 2.31. The normalized spacial score (nSPS) is 18.9. The molecule has 0 aromatic heterocycles. The number of halogens is 2. The molecule has 1 aliphatic heterocycles. The van der Waals surface area contributed by atoms with Crippen molar-refractivity contribution in [2.24, 2.45) is 0 Å². The van der Waals surface area contributed by atoms with Crippen molar-refractivity contribution in [3.05, 3.63) is 22.7 Å². The Hall–Kier alpha value is -1.17. The van der Waals surface area contributed by atoms with Crippen LogP contribution in [-0.4, -0.2) is 43.2 Å². The quantitative estimate of drug-likeness (QED) is 0.793. The molecule has 0 unspecified atom stereocenters. The molecule has 5 nitrogen and oxygen atoms in total. The number of likely N-dealkylation sites (tertiary alicyclic amines) is 1. The molecule has 1 aliphatic carbocycles. The maximum absolute atomic E-state index is 12.8. The summed E-state index contributed by atoms with van der Waals surface area (Å²) in [7, 11) is 1.53. The third kappa shape index (κ3) is 4.72. The third-order valence-electron chi connectivity index (χ3n) is 4.97. The number of piperidine rings is 1. The fourth-order valence-electron chi connectivity index (χ4n) is 3.57. The number of nitrogens with zero attached hydrogens (tertiary/aromatic N) is 1. The van der Waals surface area contributed by atoms with E-state index in [-0.39, 0.29) is 24.4 Å². The second-order valence-corrected chi connectivity index (χ2v) is 7.02. The lowest BCUT2D eigenvalue weighted by Crippen LogP contribution is -2.41. The smallest absolute Gasteiger partial charge is 0.257 e. The van der Waals surface area contributed by atoms with Gasteiger partial charge < -0.3 is 20.1 Å². The highest BCUT2D eigenvalue weighted by atomic mass is 35.5. The van der Waals surface area contributed by atoms with Gasteiger partial charge in [0.2, 0.25) is 0 Å². The van der Waals surface area contributed by atoms with Gasteiger partial charge in [0.1, 0.15) is 5.75 Å². The maximum Gasteiger partial charge on any atom is 0.257 e. The van der Waals surface area contributed by atoms with Gasteiger partial charge in [0.15, 0.2) is 0 Å². The van der Waals surface area contributed by atoms with Gasteiger partial charge >= 0.3 is 0 Å². The van der Waals surface area contributed by atoms with E-state index in [1.807, 2.05) is 4.90 Å². The van der Waals surface area contributed by atoms with Crippen LogP contribution in [0.15, 0.2) is 12.1 Å². The minimum absolute atomic E-state index is 0. The summed E-state index contributed by atoms with van der Waals surface area (Å²) in [5, 5.41) is 0.374. The average molecular weight is 389 g/mol. The largest absolute Gasteiger partial charge is 0.496 e. The van der Waals surface area contributed by atoms with Crippen LogP contribution in [0.3, 0.4) is 0 Å². The molecule has 1 heterocycles. The molecule has 1 saturated carbocycles. The summed E-state index contributed by atoms with van der Waals surface area (Å²) in [6.45, 7) is 1.39. The van der Waals surface area contributed by atoms with E-state index in [2.05, 4.69) is 0 Å². The molecule has 2 fully saturated rings. The van der Waals surface area contributed by atoms with Crippen molar-refractivity contribution in [2.75, 3.05) is 25.9 Å². The Morgan fingerprint density at radius 3 is 2.36 bits per heavy atom. The van der Waals surface area contributed by atoms with Gasteiger partial charge in [-0.3, -0.25) is 4.79 Å². The number of anilines is 1. The molecule has 3 rings (SSSR count). The Balaban J connectivity index is 0.00000225. The van der Waals surface area contributed by atoms with Gasteiger partial charge in [-0.15, -0.1) is 12.4 Å². The molecule has 1 saturated heterocycles. The van der Waals surface area contributed by atoms with Gasteiger partial charge in [-0.2, -0.15) is 0 Å². The second kappa shape index (κ2) is 8.97. The van der Waals surface area contributed by atoms with E-state index in [0.717, 1.165) is 12.8 Å². The Bertz CT molecular complexity index is 598. The Morgan fingerprint density at radius 1 is 1.16 bits per heavy atom. The maximum atomic E-state index is 12.8. The summed E-state index contributed by atoms with van der Waals surface area (Å²) >= 11 is 6.07. The van der Waals surface area contributed by atoms with Gasteiger partial charge in [0, 0.05) is 19.2 Å². The first-order valence-electron chi connectivity index (χ1n) is 8.66. The minimum atomic E-state index is -0.0620. The van der Waals surface area contributed by atoms with E-state index >= 15 is 0 Å². The van der Waals surface area contributed by atoms with Crippen LogP contribution in [0.25, 0.3) is 0 Å². The van der Waals surface area contributed by atoms with E-state index < -0.39 is 0 Å². The molecule has 0 radical (unpaired) electrons. The van der Waals surface area contributed by atoms with E-state index in [4.69, 9.17) is 26.8 Å². The van der Waals surface area contributed by atoms with E-state index in [1.54, 1.807) is 12.1 Å². The number of carbonyl (C=O) groups excluding carboxylic acids is 1. The molecule has 2 N–H and O–H groups in total. The van der Waals surface area contributed by atoms with E-state index in [1.165, 1.54) is 32.8 Å².